The number of aliphatic carboxylic acids is 1. The molecule has 12 heteroatoms. The smallest absolute Gasteiger partial charge is 0.364 e. The van der Waals surface area contributed by atoms with Gasteiger partial charge >= 0.3 is 11.9 Å². The highest BCUT2D eigenvalue weighted by Crippen LogP contribution is 2.34. The van der Waals surface area contributed by atoms with E-state index in [0.717, 1.165) is 0 Å². The van der Waals surface area contributed by atoms with Gasteiger partial charge in [0.2, 0.25) is 0 Å². The summed E-state index contributed by atoms with van der Waals surface area (Å²) >= 11 is 0. The summed E-state index contributed by atoms with van der Waals surface area (Å²) in [5, 5.41) is 57.1. The maximum atomic E-state index is 11.3. The van der Waals surface area contributed by atoms with Crippen LogP contribution in [0.3, 0.4) is 0 Å². The van der Waals surface area contributed by atoms with Gasteiger partial charge in [-0.15, -0.1) is 0 Å². The van der Waals surface area contributed by atoms with Crippen LogP contribution in [0.2, 0.25) is 0 Å². The number of aliphatic hydroxyl groups excluding tert-OH is 4. The number of carbonyl (C=O) groups is 2. The van der Waals surface area contributed by atoms with Gasteiger partial charge in [-0.25, -0.2) is 4.79 Å². The Bertz CT molecular complexity index is 476. The Hall–Kier alpha value is -1.38. The van der Waals surface area contributed by atoms with Gasteiger partial charge < -0.3 is 51.6 Å². The summed E-state index contributed by atoms with van der Waals surface area (Å²) in [6.45, 7) is -1.22. The Morgan fingerprint density at radius 2 is 1.92 bits per heavy atom. The van der Waals surface area contributed by atoms with Crippen LogP contribution in [0.25, 0.3) is 0 Å². The highest BCUT2D eigenvalue weighted by atomic mass is 16.7. The normalized spacial score (nSPS) is 33.3. The molecule has 10 N–H and O–H groups in total. The number of carboxylic acid groups (broad SMARTS) is 1. The predicted octanol–water partition coefficient (Wildman–Crippen LogP) is -4.58. The van der Waals surface area contributed by atoms with E-state index in [1.54, 1.807) is 0 Å². The van der Waals surface area contributed by atoms with E-state index in [4.69, 9.17) is 26.4 Å². The number of ether oxygens (including phenoxy) is 2. The summed E-state index contributed by atoms with van der Waals surface area (Å²) < 4.78 is 9.67. The third-order valence-corrected chi connectivity index (χ3v) is 3.86. The summed E-state index contributed by atoms with van der Waals surface area (Å²) in [5.41, 5.74) is 10.6. The van der Waals surface area contributed by atoms with Crippen LogP contribution in [0.15, 0.2) is 0 Å². The van der Waals surface area contributed by atoms with Gasteiger partial charge in [0.15, 0.2) is 0 Å². The standard InChI is InChI=1S/C13H24N2O10/c14-6(3-16)11(20)24-4-5(17)1-8-9(10(15)19)7(18)2-13(23,25-8)12(21)22/h5-10,16-19,23H,1-4,14-15H2,(H,21,22)/t5-,6-,7?,8?,9?,10-,13?/m0/s1. The second-order valence-electron chi connectivity index (χ2n) is 5.89. The molecule has 0 aromatic carbocycles. The number of hydrogen-bond acceptors (Lipinski definition) is 11. The summed E-state index contributed by atoms with van der Waals surface area (Å²) in [6.07, 6.45) is -7.01. The van der Waals surface area contributed by atoms with Crippen LogP contribution in [0.1, 0.15) is 12.8 Å². The van der Waals surface area contributed by atoms with Gasteiger partial charge in [-0.1, -0.05) is 0 Å². The lowest BCUT2D eigenvalue weighted by molar-refractivity contribution is -0.296. The fourth-order valence-electron chi connectivity index (χ4n) is 2.53. The van der Waals surface area contributed by atoms with Crippen LogP contribution in [0.4, 0.5) is 0 Å². The molecule has 1 saturated heterocycles. The van der Waals surface area contributed by atoms with E-state index in [1.807, 2.05) is 0 Å². The molecule has 4 unspecified atom stereocenters. The average Bonchev–Trinajstić information content (AvgIpc) is 2.50. The molecule has 0 aromatic heterocycles. The lowest BCUT2D eigenvalue weighted by atomic mass is 9.83. The first-order valence-electron chi connectivity index (χ1n) is 7.48. The van der Waals surface area contributed by atoms with Crippen molar-refractivity contribution in [2.75, 3.05) is 13.2 Å². The quantitative estimate of drug-likeness (QED) is 0.150. The van der Waals surface area contributed by atoms with Gasteiger partial charge in [0, 0.05) is 12.8 Å². The highest BCUT2D eigenvalue weighted by Gasteiger charge is 2.52. The second kappa shape index (κ2) is 8.82. The van der Waals surface area contributed by atoms with Crippen molar-refractivity contribution in [1.29, 1.82) is 0 Å². The lowest BCUT2D eigenvalue weighted by Crippen LogP contribution is -2.60. The Labute approximate surface area is 142 Å². The minimum Gasteiger partial charge on any atom is -0.477 e. The van der Waals surface area contributed by atoms with Gasteiger partial charge in [0.1, 0.15) is 18.9 Å². The van der Waals surface area contributed by atoms with E-state index in [9.17, 15) is 30.0 Å². The van der Waals surface area contributed by atoms with Crippen LogP contribution in [0.5, 0.6) is 0 Å². The minimum absolute atomic E-state index is 0.410. The molecule has 146 valence electrons. The first kappa shape index (κ1) is 21.7. The van der Waals surface area contributed by atoms with E-state index >= 15 is 0 Å². The predicted molar refractivity (Wildman–Crippen MR) is 78.4 cm³/mol. The molecule has 1 rings (SSSR count). The first-order chi connectivity index (χ1) is 11.5. The summed E-state index contributed by atoms with van der Waals surface area (Å²) in [7, 11) is 0. The van der Waals surface area contributed by atoms with Crippen molar-refractivity contribution < 1.29 is 49.7 Å². The van der Waals surface area contributed by atoms with Crippen molar-refractivity contribution in [1.82, 2.24) is 0 Å². The van der Waals surface area contributed by atoms with Gasteiger partial charge in [0.05, 0.1) is 30.8 Å². The number of nitrogens with two attached hydrogens (primary N) is 2. The van der Waals surface area contributed by atoms with Crippen molar-refractivity contribution in [3.8, 4) is 0 Å². The molecule has 1 aliphatic heterocycles. The summed E-state index contributed by atoms with van der Waals surface area (Å²) in [4.78, 5) is 22.4. The number of hydrogen-bond donors (Lipinski definition) is 8. The SMILES string of the molecule is N[C@@H](CO)C(=O)OC[C@@H](O)CC1OC(O)(C(=O)O)CC(O)C1[C@@H](N)O. The maximum Gasteiger partial charge on any atom is 0.364 e. The molecule has 0 aromatic rings. The molecule has 0 spiro atoms. The Morgan fingerprint density at radius 1 is 1.32 bits per heavy atom. The molecule has 0 radical (unpaired) electrons. The molecule has 1 heterocycles. The average molecular weight is 368 g/mol. The highest BCUT2D eigenvalue weighted by molar-refractivity contribution is 5.76. The number of esters is 1. The van der Waals surface area contributed by atoms with Crippen LogP contribution >= 0.6 is 0 Å². The number of aliphatic hydroxyl groups is 5. The molecule has 1 aliphatic rings. The number of rotatable bonds is 8. The molecule has 0 bridgehead atoms. The zero-order valence-corrected chi connectivity index (χ0v) is 13.3. The van der Waals surface area contributed by atoms with E-state index in [-0.39, 0.29) is 0 Å². The number of carboxylic acids is 1. The van der Waals surface area contributed by atoms with Crippen LogP contribution in [-0.2, 0) is 19.1 Å². The molecular weight excluding hydrogens is 344 g/mol. The van der Waals surface area contributed by atoms with Gasteiger partial charge in [0.25, 0.3) is 5.79 Å². The van der Waals surface area contributed by atoms with Crippen LogP contribution in [-0.4, -0.2) is 92.2 Å². The topological polar surface area (TPSA) is 226 Å². The molecule has 7 atom stereocenters. The largest absolute Gasteiger partial charge is 0.477 e. The van der Waals surface area contributed by atoms with Crippen molar-refractivity contribution in [3.05, 3.63) is 0 Å². The fraction of sp³-hybridized carbons (Fsp3) is 0.846. The fourth-order valence-corrected chi connectivity index (χ4v) is 2.53. The maximum absolute atomic E-state index is 11.3. The van der Waals surface area contributed by atoms with Crippen LogP contribution < -0.4 is 11.5 Å². The molecule has 25 heavy (non-hydrogen) atoms. The second-order valence-corrected chi connectivity index (χ2v) is 5.89. The van der Waals surface area contributed by atoms with E-state index < -0.39 is 80.3 Å². The summed E-state index contributed by atoms with van der Waals surface area (Å²) in [5.74, 6) is -6.63. The monoisotopic (exact) mass is 368 g/mol. The lowest BCUT2D eigenvalue weighted by Gasteiger charge is -2.43. The Morgan fingerprint density at radius 3 is 2.40 bits per heavy atom. The first-order valence-corrected chi connectivity index (χ1v) is 7.48. The zero-order valence-electron chi connectivity index (χ0n) is 13.3. The minimum atomic E-state index is -2.72. The van der Waals surface area contributed by atoms with Gasteiger partial charge in [-0.2, -0.15) is 0 Å². The van der Waals surface area contributed by atoms with E-state index in [2.05, 4.69) is 4.74 Å². The van der Waals surface area contributed by atoms with Crippen molar-refractivity contribution >= 4 is 11.9 Å². The molecule has 12 nitrogen and oxygen atoms in total. The van der Waals surface area contributed by atoms with E-state index in [1.165, 1.54) is 0 Å². The van der Waals surface area contributed by atoms with Crippen LogP contribution in [0, 0.1) is 5.92 Å². The zero-order chi connectivity index (χ0) is 19.4. The summed E-state index contributed by atoms with van der Waals surface area (Å²) in [6, 6.07) is -1.28. The third kappa shape index (κ3) is 5.55. The van der Waals surface area contributed by atoms with Crippen molar-refractivity contribution in [3.63, 3.8) is 0 Å². The molecule has 0 aliphatic carbocycles. The van der Waals surface area contributed by atoms with Crippen molar-refractivity contribution in [2.45, 2.75) is 49.2 Å². The third-order valence-electron chi connectivity index (χ3n) is 3.86. The Kier molecular flexibility index (Phi) is 7.64. The molecular formula is C13H24N2O10. The van der Waals surface area contributed by atoms with Crippen molar-refractivity contribution in [2.24, 2.45) is 17.4 Å². The molecule has 0 amide bonds. The van der Waals surface area contributed by atoms with Gasteiger partial charge in [-0.3, -0.25) is 4.79 Å². The number of carbonyl (C=O) groups excluding carboxylic acids is 1. The molecule has 1 fully saturated rings. The Balaban J connectivity index is 2.76. The molecule has 0 saturated carbocycles. The van der Waals surface area contributed by atoms with E-state index in [0.29, 0.717) is 0 Å². The van der Waals surface area contributed by atoms with Gasteiger partial charge in [-0.05, 0) is 0 Å².